The number of para-hydroxylation sites is 2. The minimum absolute atomic E-state index is 0.707. The molecule has 5 aromatic rings. The van der Waals surface area contributed by atoms with Gasteiger partial charge in [-0.2, -0.15) is 0 Å². The van der Waals surface area contributed by atoms with Crippen LogP contribution in [0.4, 0.5) is 0 Å². The number of hydrogen-bond donors (Lipinski definition) is 0. The fraction of sp³-hybridized carbons (Fsp3) is 0.375. The van der Waals surface area contributed by atoms with Crippen LogP contribution >= 0.6 is 0 Å². The Morgan fingerprint density at radius 1 is 0.500 bits per heavy atom. The van der Waals surface area contributed by atoms with Crippen LogP contribution in [-0.4, -0.2) is 23.2 Å². The van der Waals surface area contributed by atoms with Gasteiger partial charge in [-0.05, 0) is 49.2 Å². The van der Waals surface area contributed by atoms with Crippen LogP contribution in [0.5, 0.6) is 11.5 Å². The van der Waals surface area contributed by atoms with Crippen molar-refractivity contribution >= 4 is 43.6 Å². The number of nitrogens with zero attached hydrogens (tertiary/aromatic N) is 2. The Balaban J connectivity index is 1.63. The summed E-state index contributed by atoms with van der Waals surface area (Å²) in [4.78, 5) is 10.0. The van der Waals surface area contributed by atoms with Gasteiger partial charge in [-0.1, -0.05) is 76.6 Å². The van der Waals surface area contributed by atoms with Crippen molar-refractivity contribution in [1.82, 2.24) is 9.97 Å². The zero-order valence-electron chi connectivity index (χ0n) is 21.6. The van der Waals surface area contributed by atoms with Crippen molar-refractivity contribution in [1.29, 1.82) is 0 Å². The Labute approximate surface area is 213 Å². The maximum Gasteiger partial charge on any atom is 0.138 e. The van der Waals surface area contributed by atoms with Crippen LogP contribution in [-0.2, 0) is 0 Å². The van der Waals surface area contributed by atoms with Crippen molar-refractivity contribution in [2.75, 3.05) is 13.2 Å². The molecule has 0 aliphatic rings. The zero-order chi connectivity index (χ0) is 24.7. The second-order valence-electron chi connectivity index (χ2n) is 9.62. The fourth-order valence-electron chi connectivity index (χ4n) is 4.92. The molecule has 0 N–H and O–H groups in total. The molecular formula is C32H36N2O2. The van der Waals surface area contributed by atoms with Crippen molar-refractivity contribution in [2.24, 2.45) is 0 Å². The van der Waals surface area contributed by atoms with E-state index in [9.17, 15) is 0 Å². The standard InChI is InChI=1S/C32H36N2O2/c1-3-5-7-13-19-35-31-23-15-9-11-17-27(23)33-29-22-26-30(21-25(29)31)34-28-18-12-10-16-24(28)32(26)36-20-14-8-6-4-2/h9-12,15-18,21-22H,3-8,13-14,19-20H2,1-2H3. The van der Waals surface area contributed by atoms with Gasteiger partial charge in [0.2, 0.25) is 0 Å². The molecule has 2 heterocycles. The topological polar surface area (TPSA) is 44.2 Å². The Hall–Kier alpha value is -3.40. The van der Waals surface area contributed by atoms with E-state index in [1.165, 1.54) is 38.5 Å². The van der Waals surface area contributed by atoms with Gasteiger partial charge in [-0.3, -0.25) is 0 Å². The monoisotopic (exact) mass is 480 g/mol. The number of ether oxygens (including phenoxy) is 2. The predicted octanol–water partition coefficient (Wildman–Crippen LogP) is 9.01. The molecule has 0 aliphatic heterocycles. The van der Waals surface area contributed by atoms with Gasteiger partial charge >= 0.3 is 0 Å². The van der Waals surface area contributed by atoms with E-state index in [-0.39, 0.29) is 0 Å². The first-order chi connectivity index (χ1) is 17.8. The maximum absolute atomic E-state index is 6.45. The van der Waals surface area contributed by atoms with E-state index in [0.29, 0.717) is 13.2 Å². The molecule has 3 aromatic carbocycles. The van der Waals surface area contributed by atoms with Crippen LogP contribution in [0.25, 0.3) is 43.6 Å². The molecule has 186 valence electrons. The van der Waals surface area contributed by atoms with Crippen LogP contribution < -0.4 is 9.47 Å². The van der Waals surface area contributed by atoms with Crippen LogP contribution in [0.3, 0.4) is 0 Å². The lowest BCUT2D eigenvalue weighted by molar-refractivity contribution is 0.311. The van der Waals surface area contributed by atoms with Gasteiger partial charge in [0.25, 0.3) is 0 Å². The van der Waals surface area contributed by atoms with Crippen LogP contribution in [0, 0.1) is 0 Å². The molecule has 0 unspecified atom stereocenters. The highest BCUT2D eigenvalue weighted by atomic mass is 16.5. The second-order valence-corrected chi connectivity index (χ2v) is 9.62. The van der Waals surface area contributed by atoms with E-state index >= 15 is 0 Å². The van der Waals surface area contributed by atoms with Crippen LogP contribution in [0.15, 0.2) is 60.7 Å². The minimum Gasteiger partial charge on any atom is -0.492 e. The lowest BCUT2D eigenvalue weighted by Crippen LogP contribution is -2.01. The first kappa shape index (κ1) is 24.3. The molecule has 0 radical (unpaired) electrons. The van der Waals surface area contributed by atoms with Gasteiger partial charge in [0.05, 0.1) is 35.3 Å². The van der Waals surface area contributed by atoms with E-state index in [1.54, 1.807) is 0 Å². The summed E-state index contributed by atoms with van der Waals surface area (Å²) in [7, 11) is 0. The van der Waals surface area contributed by atoms with Crippen molar-refractivity contribution in [3.8, 4) is 11.5 Å². The molecule has 5 rings (SSSR count). The third-order valence-electron chi connectivity index (χ3n) is 6.87. The zero-order valence-corrected chi connectivity index (χ0v) is 21.6. The molecule has 0 spiro atoms. The van der Waals surface area contributed by atoms with E-state index < -0.39 is 0 Å². The van der Waals surface area contributed by atoms with Gasteiger partial charge in [0, 0.05) is 21.5 Å². The number of fused-ring (bicyclic) bond motifs is 4. The summed E-state index contributed by atoms with van der Waals surface area (Å²) in [6.07, 6.45) is 9.40. The Kier molecular flexibility index (Phi) is 7.80. The molecule has 0 saturated carbocycles. The summed E-state index contributed by atoms with van der Waals surface area (Å²) in [5.41, 5.74) is 3.72. The number of unbranched alkanes of at least 4 members (excludes halogenated alkanes) is 6. The highest BCUT2D eigenvalue weighted by molar-refractivity contribution is 6.10. The van der Waals surface area contributed by atoms with Crippen molar-refractivity contribution in [2.45, 2.75) is 65.2 Å². The van der Waals surface area contributed by atoms with Gasteiger partial charge in [0.15, 0.2) is 0 Å². The summed E-state index contributed by atoms with van der Waals surface area (Å²) < 4.78 is 12.9. The molecule has 0 fully saturated rings. The van der Waals surface area contributed by atoms with Gasteiger partial charge in [0.1, 0.15) is 11.5 Å². The third kappa shape index (κ3) is 5.09. The largest absolute Gasteiger partial charge is 0.492 e. The Bertz CT molecular complexity index is 1360. The lowest BCUT2D eigenvalue weighted by atomic mass is 10.0. The molecule has 0 amide bonds. The summed E-state index contributed by atoms with van der Waals surface area (Å²) in [5.74, 6) is 1.82. The number of hydrogen-bond acceptors (Lipinski definition) is 4. The molecule has 4 nitrogen and oxygen atoms in total. The first-order valence-corrected chi connectivity index (χ1v) is 13.6. The van der Waals surface area contributed by atoms with E-state index in [0.717, 1.165) is 68.0 Å². The van der Waals surface area contributed by atoms with Crippen molar-refractivity contribution in [3.63, 3.8) is 0 Å². The maximum atomic E-state index is 6.45. The van der Waals surface area contributed by atoms with E-state index in [1.807, 2.05) is 12.1 Å². The molecule has 36 heavy (non-hydrogen) atoms. The SMILES string of the molecule is CCCCCCOc1c2ccccc2nc2cc3c(OCCCCCC)c4ccccc4nc3cc12. The molecule has 2 aromatic heterocycles. The minimum atomic E-state index is 0.707. The van der Waals surface area contributed by atoms with Crippen LogP contribution in [0.2, 0.25) is 0 Å². The summed E-state index contributed by atoms with van der Waals surface area (Å²) in [5, 5.41) is 4.11. The Morgan fingerprint density at radius 3 is 1.39 bits per heavy atom. The van der Waals surface area contributed by atoms with Gasteiger partial charge < -0.3 is 9.47 Å². The summed E-state index contributed by atoms with van der Waals surface area (Å²) >= 11 is 0. The quantitative estimate of drug-likeness (QED) is 0.132. The number of aromatic nitrogens is 2. The smallest absolute Gasteiger partial charge is 0.138 e. The van der Waals surface area contributed by atoms with Gasteiger partial charge in [-0.15, -0.1) is 0 Å². The molecule has 0 bridgehead atoms. The average molecular weight is 481 g/mol. The fourth-order valence-corrected chi connectivity index (χ4v) is 4.92. The molecule has 4 heteroatoms. The van der Waals surface area contributed by atoms with Crippen molar-refractivity contribution in [3.05, 3.63) is 60.7 Å². The van der Waals surface area contributed by atoms with Gasteiger partial charge in [-0.25, -0.2) is 9.97 Å². The van der Waals surface area contributed by atoms with E-state index in [2.05, 4.69) is 62.4 Å². The summed E-state index contributed by atoms with van der Waals surface area (Å²) in [6.45, 7) is 5.88. The predicted molar refractivity (Wildman–Crippen MR) is 151 cm³/mol. The lowest BCUT2D eigenvalue weighted by Gasteiger charge is -2.16. The molecular weight excluding hydrogens is 444 g/mol. The normalized spacial score (nSPS) is 11.6. The average Bonchev–Trinajstić information content (AvgIpc) is 2.91. The van der Waals surface area contributed by atoms with Crippen LogP contribution in [0.1, 0.15) is 65.2 Å². The highest BCUT2D eigenvalue weighted by Crippen LogP contribution is 2.39. The number of pyridine rings is 2. The Morgan fingerprint density at radius 2 is 0.944 bits per heavy atom. The van der Waals surface area contributed by atoms with Crippen molar-refractivity contribution < 1.29 is 9.47 Å². The second kappa shape index (κ2) is 11.6. The highest BCUT2D eigenvalue weighted by Gasteiger charge is 2.16. The molecule has 0 saturated heterocycles. The molecule has 0 atom stereocenters. The molecule has 0 aliphatic carbocycles. The third-order valence-corrected chi connectivity index (χ3v) is 6.87. The summed E-state index contributed by atoms with van der Waals surface area (Å²) in [6, 6.07) is 20.8. The first-order valence-electron chi connectivity index (χ1n) is 13.6. The van der Waals surface area contributed by atoms with E-state index in [4.69, 9.17) is 19.4 Å². The number of benzene rings is 3. The number of rotatable bonds is 12.